The summed E-state index contributed by atoms with van der Waals surface area (Å²) in [4.78, 5) is 22.4. The van der Waals surface area contributed by atoms with Gasteiger partial charge in [0.15, 0.2) is 10.7 Å². The minimum atomic E-state index is -4.01. The third kappa shape index (κ3) is 4.09. The summed E-state index contributed by atoms with van der Waals surface area (Å²) in [5.74, 6) is 0.385. The van der Waals surface area contributed by atoms with E-state index in [2.05, 4.69) is 19.7 Å². The van der Waals surface area contributed by atoms with E-state index in [0.717, 1.165) is 17.1 Å². The SMILES string of the molecule is CCOC(=O)C1=C(N)C(=NCCSCc2nc[nH]c2C)NS1(=O)=O. The number of ether oxygens (including phenoxy) is 1. The number of rotatable bonds is 7. The molecule has 0 saturated carbocycles. The number of hydrogen-bond donors (Lipinski definition) is 3. The fraction of sp³-hybridized carbons (Fsp3) is 0.462. The van der Waals surface area contributed by atoms with Crippen molar-refractivity contribution in [3.63, 3.8) is 0 Å². The molecule has 2 rings (SSSR count). The lowest BCUT2D eigenvalue weighted by atomic mass is 10.4. The summed E-state index contributed by atoms with van der Waals surface area (Å²) in [5, 5.41) is 0. The van der Waals surface area contributed by atoms with Crippen molar-refractivity contribution in [1.29, 1.82) is 0 Å². The highest BCUT2D eigenvalue weighted by atomic mass is 32.2. The van der Waals surface area contributed by atoms with E-state index in [1.165, 1.54) is 0 Å². The molecule has 0 saturated heterocycles. The lowest BCUT2D eigenvalue weighted by molar-refractivity contribution is -0.137. The third-order valence-electron chi connectivity index (χ3n) is 3.14. The van der Waals surface area contributed by atoms with E-state index in [1.54, 1.807) is 25.0 Å². The van der Waals surface area contributed by atoms with Crippen LogP contribution in [0.5, 0.6) is 0 Å². The average molecular weight is 373 g/mol. The van der Waals surface area contributed by atoms with E-state index in [1.807, 2.05) is 6.92 Å². The van der Waals surface area contributed by atoms with Gasteiger partial charge in [-0.15, -0.1) is 0 Å². The first-order valence-corrected chi connectivity index (χ1v) is 9.81. The van der Waals surface area contributed by atoms with Crippen molar-refractivity contribution in [2.24, 2.45) is 10.7 Å². The Balaban J connectivity index is 1.95. The Hall–Kier alpha value is -2.01. The van der Waals surface area contributed by atoms with Crippen LogP contribution in [0.4, 0.5) is 0 Å². The first kappa shape index (κ1) is 18.3. The highest BCUT2D eigenvalue weighted by Gasteiger charge is 2.38. The second-order valence-electron chi connectivity index (χ2n) is 4.83. The van der Waals surface area contributed by atoms with Crippen molar-refractivity contribution in [2.75, 3.05) is 18.9 Å². The number of nitrogens with one attached hydrogen (secondary N) is 2. The van der Waals surface area contributed by atoms with Gasteiger partial charge in [0, 0.05) is 17.2 Å². The summed E-state index contributed by atoms with van der Waals surface area (Å²) in [6.45, 7) is 3.93. The number of H-pyrrole nitrogens is 1. The number of amidine groups is 1. The molecular formula is C13H19N5O4S2. The third-order valence-corrected chi connectivity index (χ3v) is 5.47. The molecule has 9 nitrogen and oxygen atoms in total. The maximum atomic E-state index is 11.9. The Morgan fingerprint density at radius 3 is 2.88 bits per heavy atom. The highest BCUT2D eigenvalue weighted by Crippen LogP contribution is 2.18. The van der Waals surface area contributed by atoms with Crippen LogP contribution in [0.15, 0.2) is 21.9 Å². The second-order valence-corrected chi connectivity index (χ2v) is 7.55. The van der Waals surface area contributed by atoms with Crippen LogP contribution in [0.25, 0.3) is 0 Å². The number of carbonyl (C=O) groups is 1. The van der Waals surface area contributed by atoms with E-state index in [4.69, 9.17) is 10.5 Å². The van der Waals surface area contributed by atoms with Gasteiger partial charge in [0.25, 0.3) is 10.0 Å². The van der Waals surface area contributed by atoms with Gasteiger partial charge < -0.3 is 15.5 Å². The summed E-state index contributed by atoms with van der Waals surface area (Å²) in [7, 11) is -4.01. The summed E-state index contributed by atoms with van der Waals surface area (Å²) in [5.41, 5.74) is 7.51. The molecule has 11 heteroatoms. The van der Waals surface area contributed by atoms with E-state index >= 15 is 0 Å². The van der Waals surface area contributed by atoms with Crippen molar-refractivity contribution >= 4 is 33.6 Å². The number of hydrogen-bond acceptors (Lipinski definition) is 8. The topological polar surface area (TPSA) is 140 Å². The molecule has 0 aliphatic carbocycles. The van der Waals surface area contributed by atoms with Gasteiger partial charge in [-0.05, 0) is 13.8 Å². The number of esters is 1. The fourth-order valence-electron chi connectivity index (χ4n) is 1.94. The van der Waals surface area contributed by atoms with Crippen LogP contribution in [-0.4, -0.2) is 49.1 Å². The predicted octanol–water partition coefficient (Wildman–Crippen LogP) is 0.0162. The van der Waals surface area contributed by atoms with Crippen LogP contribution >= 0.6 is 11.8 Å². The molecule has 0 radical (unpaired) electrons. The number of aryl methyl sites for hydroxylation is 1. The zero-order valence-corrected chi connectivity index (χ0v) is 15.0. The number of nitrogens with two attached hydrogens (primary N) is 1. The van der Waals surface area contributed by atoms with Gasteiger partial charge in [-0.2, -0.15) is 11.8 Å². The van der Waals surface area contributed by atoms with Crippen LogP contribution in [0.1, 0.15) is 18.3 Å². The molecule has 24 heavy (non-hydrogen) atoms. The first-order valence-electron chi connectivity index (χ1n) is 7.18. The molecule has 1 aliphatic rings. The molecule has 0 aromatic carbocycles. The highest BCUT2D eigenvalue weighted by molar-refractivity contribution is 7.98. The summed E-state index contributed by atoms with van der Waals surface area (Å²) < 4.78 is 30.8. The minimum Gasteiger partial charge on any atom is -0.462 e. The lowest BCUT2D eigenvalue weighted by Crippen LogP contribution is -2.26. The normalized spacial score (nSPS) is 18.0. The Morgan fingerprint density at radius 1 is 1.50 bits per heavy atom. The van der Waals surface area contributed by atoms with Gasteiger partial charge in [-0.3, -0.25) is 9.71 Å². The van der Waals surface area contributed by atoms with E-state index < -0.39 is 20.9 Å². The molecule has 132 valence electrons. The van der Waals surface area contributed by atoms with E-state index in [9.17, 15) is 13.2 Å². The largest absolute Gasteiger partial charge is 0.462 e. The number of thioether (sulfide) groups is 1. The lowest BCUT2D eigenvalue weighted by Gasteiger charge is -2.01. The number of sulfonamides is 1. The monoisotopic (exact) mass is 373 g/mol. The maximum absolute atomic E-state index is 11.9. The van der Waals surface area contributed by atoms with Gasteiger partial charge in [0.1, 0.15) is 5.70 Å². The minimum absolute atomic E-state index is 0.0189. The van der Waals surface area contributed by atoms with Crippen molar-refractivity contribution in [2.45, 2.75) is 19.6 Å². The number of aromatic nitrogens is 2. The van der Waals surface area contributed by atoms with Crippen LogP contribution in [0, 0.1) is 6.92 Å². The Morgan fingerprint density at radius 2 is 2.25 bits per heavy atom. The summed E-state index contributed by atoms with van der Waals surface area (Å²) in [6, 6.07) is 0. The molecule has 4 N–H and O–H groups in total. The fourth-order valence-corrected chi connectivity index (χ4v) is 3.99. The van der Waals surface area contributed by atoms with E-state index in [0.29, 0.717) is 12.3 Å². The summed E-state index contributed by atoms with van der Waals surface area (Å²) >= 11 is 1.61. The molecule has 0 spiro atoms. The quantitative estimate of drug-likeness (QED) is 0.452. The molecular weight excluding hydrogens is 354 g/mol. The first-order chi connectivity index (χ1) is 11.4. The van der Waals surface area contributed by atoms with Crippen molar-refractivity contribution in [3.05, 3.63) is 28.3 Å². The van der Waals surface area contributed by atoms with Crippen LogP contribution in [-0.2, 0) is 25.3 Å². The molecule has 0 atom stereocenters. The van der Waals surface area contributed by atoms with Crippen LogP contribution < -0.4 is 10.5 Å². The van der Waals surface area contributed by atoms with Crippen molar-refractivity contribution in [3.8, 4) is 0 Å². The number of imidazole rings is 1. The van der Waals surface area contributed by atoms with Gasteiger partial charge in [0.05, 0.1) is 25.2 Å². The number of aromatic amines is 1. The number of aliphatic imine (C=N–C) groups is 1. The summed E-state index contributed by atoms with van der Waals surface area (Å²) in [6.07, 6.45) is 1.64. The maximum Gasteiger partial charge on any atom is 0.354 e. The van der Waals surface area contributed by atoms with Gasteiger partial charge in [-0.25, -0.2) is 18.2 Å². The molecule has 0 fully saturated rings. The smallest absolute Gasteiger partial charge is 0.354 e. The molecule has 2 heterocycles. The van der Waals surface area contributed by atoms with Crippen molar-refractivity contribution < 1.29 is 17.9 Å². The molecule has 1 aliphatic heterocycles. The zero-order chi connectivity index (χ0) is 17.7. The zero-order valence-electron chi connectivity index (χ0n) is 13.3. The molecule has 0 bridgehead atoms. The number of nitrogens with zero attached hydrogens (tertiary/aromatic N) is 2. The molecule has 1 aromatic heterocycles. The average Bonchev–Trinajstić information content (AvgIpc) is 3.00. The molecule has 0 amide bonds. The molecule has 0 unspecified atom stereocenters. The standard InChI is InChI=1S/C13H19N5O4S2/c1-3-22-13(19)11-10(14)12(18-24(11,20)21)15-4-5-23-6-9-8(2)16-7-17-9/h7H,3-6,14H2,1-2H3,(H,15,18)(H,16,17). The molecule has 1 aromatic rings. The van der Waals surface area contributed by atoms with Gasteiger partial charge in [0.2, 0.25) is 0 Å². The van der Waals surface area contributed by atoms with Gasteiger partial charge in [-0.1, -0.05) is 0 Å². The van der Waals surface area contributed by atoms with Gasteiger partial charge >= 0.3 is 5.97 Å². The number of carbonyl (C=O) groups excluding carboxylic acids is 1. The second kappa shape index (κ2) is 7.71. The predicted molar refractivity (Wildman–Crippen MR) is 91.7 cm³/mol. The van der Waals surface area contributed by atoms with Crippen LogP contribution in [0.2, 0.25) is 0 Å². The van der Waals surface area contributed by atoms with Crippen LogP contribution in [0.3, 0.4) is 0 Å². The Labute approximate surface area is 144 Å². The Bertz CT molecular complexity index is 782. The van der Waals surface area contributed by atoms with E-state index in [-0.39, 0.29) is 18.1 Å². The van der Waals surface area contributed by atoms with Crippen molar-refractivity contribution in [1.82, 2.24) is 14.7 Å². The Kier molecular flexibility index (Phi) is 5.89.